The lowest BCUT2D eigenvalue weighted by molar-refractivity contribution is -0.189. The molecule has 0 aromatic rings. The monoisotopic (exact) mass is 214 g/mol. The highest BCUT2D eigenvalue weighted by molar-refractivity contribution is 5.75. The Bertz CT molecular complexity index is 173. The van der Waals surface area contributed by atoms with Gasteiger partial charge in [-0.05, 0) is 6.92 Å². The second kappa shape index (κ2) is 6.61. The molecule has 0 spiro atoms. The summed E-state index contributed by atoms with van der Waals surface area (Å²) in [6.07, 6.45) is -4.26. The zero-order valence-electron chi connectivity index (χ0n) is 7.78. The quantitative estimate of drug-likeness (QED) is 0.502. The van der Waals surface area contributed by atoms with Crippen molar-refractivity contribution in [3.8, 4) is 0 Å². The largest absolute Gasteiger partial charge is 0.413 e. The molecule has 0 aromatic carbocycles. The Balaban J connectivity index is 3.26. The molecule has 0 saturated carbocycles. The van der Waals surface area contributed by atoms with Gasteiger partial charge >= 0.3 is 6.18 Å². The molecule has 0 aliphatic heterocycles. The van der Waals surface area contributed by atoms with Gasteiger partial charge < -0.3 is 5.32 Å². The standard InChI is InChI=1S/C7H13F3N2O2/c1-2-11-6(13)3-4-12-14-5-7(8,9)10/h12H,2-5H2,1H3,(H,11,13). The number of hydrogen-bond donors (Lipinski definition) is 2. The smallest absolute Gasteiger partial charge is 0.356 e. The molecule has 0 saturated heterocycles. The normalized spacial score (nSPS) is 11.4. The SMILES string of the molecule is CCNC(=O)CCNOCC(F)(F)F. The van der Waals surface area contributed by atoms with E-state index >= 15 is 0 Å². The zero-order chi connectivity index (χ0) is 11.0. The van der Waals surface area contributed by atoms with Gasteiger partial charge in [0, 0.05) is 19.5 Å². The van der Waals surface area contributed by atoms with Crippen molar-refractivity contribution in [1.82, 2.24) is 10.8 Å². The van der Waals surface area contributed by atoms with Gasteiger partial charge in [0.05, 0.1) is 0 Å². The van der Waals surface area contributed by atoms with Crippen LogP contribution in [-0.2, 0) is 9.63 Å². The molecule has 0 aliphatic rings. The molecule has 0 aliphatic carbocycles. The predicted molar refractivity (Wildman–Crippen MR) is 43.3 cm³/mol. The highest BCUT2D eigenvalue weighted by Crippen LogP contribution is 2.13. The first kappa shape index (κ1) is 13.2. The summed E-state index contributed by atoms with van der Waals surface area (Å²) in [6, 6.07) is 0. The van der Waals surface area contributed by atoms with E-state index < -0.39 is 12.8 Å². The molecule has 0 fully saturated rings. The summed E-state index contributed by atoms with van der Waals surface area (Å²) < 4.78 is 34.6. The van der Waals surface area contributed by atoms with Crippen LogP contribution in [0.3, 0.4) is 0 Å². The molecule has 0 aromatic heterocycles. The summed E-state index contributed by atoms with van der Waals surface area (Å²) >= 11 is 0. The van der Waals surface area contributed by atoms with Crippen LogP contribution in [0.25, 0.3) is 0 Å². The minimum Gasteiger partial charge on any atom is -0.356 e. The summed E-state index contributed by atoms with van der Waals surface area (Å²) in [5.74, 6) is -0.226. The number of rotatable bonds is 6. The van der Waals surface area contributed by atoms with E-state index in [0.29, 0.717) is 6.54 Å². The third-order valence-electron chi connectivity index (χ3n) is 1.17. The van der Waals surface area contributed by atoms with E-state index in [0.717, 1.165) is 0 Å². The Morgan fingerprint density at radius 2 is 2.07 bits per heavy atom. The van der Waals surface area contributed by atoms with Crippen LogP contribution in [0.4, 0.5) is 13.2 Å². The van der Waals surface area contributed by atoms with Gasteiger partial charge in [-0.2, -0.15) is 13.2 Å². The minimum absolute atomic E-state index is 0.0575. The molecule has 84 valence electrons. The lowest BCUT2D eigenvalue weighted by Crippen LogP contribution is -2.29. The van der Waals surface area contributed by atoms with Crippen LogP contribution in [0, 0.1) is 0 Å². The molecule has 4 nitrogen and oxygen atoms in total. The lowest BCUT2D eigenvalue weighted by Gasteiger charge is -2.07. The molecule has 2 N–H and O–H groups in total. The maximum Gasteiger partial charge on any atom is 0.413 e. The van der Waals surface area contributed by atoms with E-state index in [-0.39, 0.29) is 18.9 Å². The number of hydrogen-bond acceptors (Lipinski definition) is 3. The van der Waals surface area contributed by atoms with Crippen molar-refractivity contribution in [2.75, 3.05) is 19.7 Å². The van der Waals surface area contributed by atoms with Gasteiger partial charge in [-0.25, -0.2) is 5.48 Å². The summed E-state index contributed by atoms with van der Waals surface area (Å²) in [4.78, 5) is 14.8. The second-order valence-corrected chi connectivity index (χ2v) is 2.50. The Hall–Kier alpha value is -0.820. The summed E-state index contributed by atoms with van der Waals surface area (Å²) in [6.45, 7) is 0.956. The Kier molecular flexibility index (Phi) is 6.22. The Labute approximate surface area is 79.8 Å². The topological polar surface area (TPSA) is 50.4 Å². The summed E-state index contributed by atoms with van der Waals surface area (Å²) in [7, 11) is 0. The molecule has 0 radical (unpaired) electrons. The van der Waals surface area contributed by atoms with Gasteiger partial charge in [-0.3, -0.25) is 9.63 Å². The van der Waals surface area contributed by atoms with Crippen LogP contribution >= 0.6 is 0 Å². The van der Waals surface area contributed by atoms with Gasteiger partial charge in [0.2, 0.25) is 5.91 Å². The van der Waals surface area contributed by atoms with Crippen molar-refractivity contribution >= 4 is 5.91 Å². The van der Waals surface area contributed by atoms with Crippen LogP contribution in [0.15, 0.2) is 0 Å². The van der Waals surface area contributed by atoms with Gasteiger partial charge in [-0.15, -0.1) is 0 Å². The molecule has 0 atom stereocenters. The van der Waals surface area contributed by atoms with Gasteiger partial charge in [0.1, 0.15) is 0 Å². The molecule has 0 heterocycles. The number of halogens is 3. The third kappa shape index (κ3) is 9.27. The van der Waals surface area contributed by atoms with E-state index in [1.807, 2.05) is 0 Å². The van der Waals surface area contributed by atoms with Crippen molar-refractivity contribution in [1.29, 1.82) is 0 Å². The predicted octanol–water partition coefficient (Wildman–Crippen LogP) is 0.596. The molecule has 14 heavy (non-hydrogen) atoms. The van der Waals surface area contributed by atoms with E-state index in [1.54, 1.807) is 6.92 Å². The molecule has 0 bridgehead atoms. The first-order chi connectivity index (χ1) is 6.45. The Morgan fingerprint density at radius 3 is 2.57 bits per heavy atom. The highest BCUT2D eigenvalue weighted by Gasteiger charge is 2.27. The van der Waals surface area contributed by atoms with Crippen molar-refractivity contribution in [2.24, 2.45) is 0 Å². The van der Waals surface area contributed by atoms with Crippen LogP contribution in [0.5, 0.6) is 0 Å². The van der Waals surface area contributed by atoms with Gasteiger partial charge in [0.15, 0.2) is 6.61 Å². The number of amides is 1. The van der Waals surface area contributed by atoms with Crippen molar-refractivity contribution in [2.45, 2.75) is 19.5 Å². The molecule has 0 rings (SSSR count). The fourth-order valence-electron chi connectivity index (χ4n) is 0.655. The van der Waals surface area contributed by atoms with Crippen molar-refractivity contribution in [3.63, 3.8) is 0 Å². The summed E-state index contributed by atoms with van der Waals surface area (Å²) in [5.41, 5.74) is 2.05. The van der Waals surface area contributed by atoms with Crippen LogP contribution in [-0.4, -0.2) is 31.8 Å². The molecular weight excluding hydrogens is 201 g/mol. The average molecular weight is 214 g/mol. The van der Waals surface area contributed by atoms with Crippen LogP contribution in [0.2, 0.25) is 0 Å². The third-order valence-corrected chi connectivity index (χ3v) is 1.17. The molecule has 0 unspecified atom stereocenters. The van der Waals surface area contributed by atoms with Crippen LogP contribution in [0.1, 0.15) is 13.3 Å². The fraction of sp³-hybridized carbons (Fsp3) is 0.857. The highest BCUT2D eigenvalue weighted by atomic mass is 19.4. The van der Waals surface area contributed by atoms with E-state index in [9.17, 15) is 18.0 Å². The van der Waals surface area contributed by atoms with Crippen molar-refractivity contribution < 1.29 is 22.8 Å². The van der Waals surface area contributed by atoms with E-state index in [4.69, 9.17) is 0 Å². The van der Waals surface area contributed by atoms with Gasteiger partial charge in [0.25, 0.3) is 0 Å². The minimum atomic E-state index is -4.35. The number of alkyl halides is 3. The number of carbonyl (C=O) groups is 1. The maximum absolute atomic E-state index is 11.5. The first-order valence-electron chi connectivity index (χ1n) is 4.14. The fourth-order valence-corrected chi connectivity index (χ4v) is 0.655. The van der Waals surface area contributed by atoms with Gasteiger partial charge in [-0.1, -0.05) is 0 Å². The van der Waals surface area contributed by atoms with Crippen LogP contribution < -0.4 is 10.8 Å². The van der Waals surface area contributed by atoms with Crippen molar-refractivity contribution in [3.05, 3.63) is 0 Å². The van der Waals surface area contributed by atoms with E-state index in [2.05, 4.69) is 15.6 Å². The maximum atomic E-state index is 11.5. The molecule has 7 heteroatoms. The second-order valence-electron chi connectivity index (χ2n) is 2.50. The van der Waals surface area contributed by atoms with E-state index in [1.165, 1.54) is 0 Å². The number of carbonyl (C=O) groups excluding carboxylic acids is 1. The number of hydroxylamine groups is 1. The lowest BCUT2D eigenvalue weighted by atomic mass is 10.4. The molecular formula is C7H13F3N2O2. The average Bonchev–Trinajstić information content (AvgIpc) is 2.02. The number of nitrogens with one attached hydrogen (secondary N) is 2. The Morgan fingerprint density at radius 1 is 1.43 bits per heavy atom. The summed E-state index contributed by atoms with van der Waals surface area (Å²) in [5, 5.41) is 2.50. The molecule has 1 amide bonds. The zero-order valence-corrected chi connectivity index (χ0v) is 7.78. The first-order valence-corrected chi connectivity index (χ1v) is 4.14.